The van der Waals surface area contributed by atoms with E-state index < -0.39 is 5.41 Å². The van der Waals surface area contributed by atoms with Gasteiger partial charge in [0, 0.05) is 30.4 Å². The average molecular weight is 437 g/mol. The summed E-state index contributed by atoms with van der Waals surface area (Å²) in [6.07, 6.45) is 6.38. The predicted molar refractivity (Wildman–Crippen MR) is 125 cm³/mol. The lowest BCUT2D eigenvalue weighted by molar-refractivity contribution is -0.134. The van der Waals surface area contributed by atoms with E-state index in [-0.39, 0.29) is 11.8 Å². The Balaban J connectivity index is 1.39. The Kier molecular flexibility index (Phi) is 5.63. The quantitative estimate of drug-likeness (QED) is 0.710. The van der Waals surface area contributed by atoms with Crippen LogP contribution < -0.4 is 5.32 Å². The zero-order chi connectivity index (χ0) is 21.4. The first-order valence-corrected chi connectivity index (χ1v) is 12.7. The molecule has 3 fully saturated rings. The highest BCUT2D eigenvalue weighted by molar-refractivity contribution is 7.13. The minimum Gasteiger partial charge on any atom is -0.356 e. The van der Waals surface area contributed by atoms with Crippen molar-refractivity contribution in [1.29, 1.82) is 0 Å². The van der Waals surface area contributed by atoms with Crippen LogP contribution >= 0.6 is 11.3 Å². The number of carbonyl (C=O) groups is 2. The van der Waals surface area contributed by atoms with Gasteiger partial charge in [0.1, 0.15) is 0 Å². The van der Waals surface area contributed by atoms with Crippen LogP contribution in [-0.4, -0.2) is 36.3 Å². The molecule has 1 saturated heterocycles. The van der Waals surface area contributed by atoms with Crippen LogP contribution in [0.3, 0.4) is 0 Å². The second-order valence-corrected chi connectivity index (χ2v) is 10.5. The molecule has 4 atom stereocenters. The van der Waals surface area contributed by atoms with Gasteiger partial charge in [0.05, 0.1) is 5.41 Å². The highest BCUT2D eigenvalue weighted by atomic mass is 32.1. The Morgan fingerprint density at radius 3 is 2.61 bits per heavy atom. The molecule has 2 amide bonds. The van der Waals surface area contributed by atoms with E-state index in [1.165, 1.54) is 41.7 Å². The largest absolute Gasteiger partial charge is 0.356 e. The fourth-order valence-electron chi connectivity index (χ4n) is 6.10. The summed E-state index contributed by atoms with van der Waals surface area (Å²) in [5.74, 6) is 1.86. The number of nitrogens with zero attached hydrogens (tertiary/aromatic N) is 1. The van der Waals surface area contributed by atoms with Crippen LogP contribution in [0.25, 0.3) is 10.4 Å². The monoisotopic (exact) mass is 436 g/mol. The van der Waals surface area contributed by atoms with Gasteiger partial charge in [-0.05, 0) is 67.0 Å². The zero-order valence-corrected chi connectivity index (χ0v) is 19.1. The van der Waals surface area contributed by atoms with Crippen LogP contribution in [-0.2, 0) is 16.0 Å². The van der Waals surface area contributed by atoms with Crippen molar-refractivity contribution in [2.24, 2.45) is 23.2 Å². The number of amides is 2. The lowest BCUT2D eigenvalue weighted by atomic mass is 9.78. The summed E-state index contributed by atoms with van der Waals surface area (Å²) in [6, 6.07) is 12.6. The van der Waals surface area contributed by atoms with Gasteiger partial charge in [0.2, 0.25) is 11.8 Å². The number of likely N-dealkylation sites (tertiary alicyclic amines) is 1. The van der Waals surface area contributed by atoms with Crippen LogP contribution in [0.4, 0.5) is 0 Å². The molecule has 0 radical (unpaired) electrons. The van der Waals surface area contributed by atoms with E-state index in [0.29, 0.717) is 43.8 Å². The molecule has 2 aliphatic carbocycles. The number of hydrogen-bond acceptors (Lipinski definition) is 3. The number of rotatable bonds is 6. The predicted octanol–water partition coefficient (Wildman–Crippen LogP) is 4.75. The maximum Gasteiger partial charge on any atom is 0.228 e. The van der Waals surface area contributed by atoms with Gasteiger partial charge in [0.25, 0.3) is 0 Å². The van der Waals surface area contributed by atoms with E-state index in [0.717, 1.165) is 6.42 Å². The van der Waals surface area contributed by atoms with Crippen LogP contribution in [0.2, 0.25) is 0 Å². The molecular weight excluding hydrogens is 404 g/mol. The summed E-state index contributed by atoms with van der Waals surface area (Å²) < 4.78 is 0. The van der Waals surface area contributed by atoms with E-state index >= 15 is 0 Å². The fraction of sp³-hybridized carbons (Fsp3) is 0.538. The average Bonchev–Trinajstić information content (AvgIpc) is 3.10. The molecule has 5 heteroatoms. The Labute approximate surface area is 189 Å². The SMILES string of the molecule is CCNC(=O)[C@]1(Cc2ccccc2-c2cccs2)CCN(C(=O)C2[C@H]3CCCC[C@@H]23)C1. The van der Waals surface area contributed by atoms with Gasteiger partial charge in [0.15, 0.2) is 0 Å². The van der Waals surface area contributed by atoms with Gasteiger partial charge in [-0.25, -0.2) is 0 Å². The number of benzene rings is 1. The second-order valence-electron chi connectivity index (χ2n) is 9.60. The Morgan fingerprint density at radius 1 is 1.13 bits per heavy atom. The van der Waals surface area contributed by atoms with E-state index in [1.54, 1.807) is 11.3 Å². The standard InChI is InChI=1S/C26H32N2O2S/c1-2-27-25(30)26(16-18-8-3-4-9-19(18)22-12-7-15-31-22)13-14-28(17-26)24(29)23-20-10-5-6-11-21(20)23/h3-4,7-9,12,15,20-21,23H,2,5-6,10-11,13-14,16-17H2,1H3,(H,27,30)/t20-,21+,23?,26-/m0/s1. The van der Waals surface area contributed by atoms with E-state index in [4.69, 9.17) is 0 Å². The minimum atomic E-state index is -0.543. The molecule has 1 N–H and O–H groups in total. The molecule has 2 aromatic rings. The Hall–Kier alpha value is -2.14. The fourth-order valence-corrected chi connectivity index (χ4v) is 6.89. The van der Waals surface area contributed by atoms with Crippen molar-refractivity contribution in [3.05, 3.63) is 47.3 Å². The first kappa shape index (κ1) is 20.7. The molecule has 164 valence electrons. The van der Waals surface area contributed by atoms with Gasteiger partial charge >= 0.3 is 0 Å². The maximum absolute atomic E-state index is 13.3. The lowest BCUT2D eigenvalue weighted by Gasteiger charge is -2.29. The number of carbonyl (C=O) groups excluding carboxylic acids is 2. The van der Waals surface area contributed by atoms with Gasteiger partial charge < -0.3 is 10.2 Å². The normalized spacial score (nSPS) is 29.5. The summed E-state index contributed by atoms with van der Waals surface area (Å²) in [5, 5.41) is 5.18. The van der Waals surface area contributed by atoms with Gasteiger partial charge in [-0.1, -0.05) is 43.2 Å². The highest BCUT2D eigenvalue weighted by Gasteiger charge is 2.57. The molecule has 5 rings (SSSR count). The van der Waals surface area contributed by atoms with E-state index in [1.807, 2.05) is 11.8 Å². The van der Waals surface area contributed by atoms with E-state index in [2.05, 4.69) is 47.1 Å². The third-order valence-corrected chi connectivity index (χ3v) is 8.66. The summed E-state index contributed by atoms with van der Waals surface area (Å²) in [5.41, 5.74) is 1.86. The van der Waals surface area contributed by atoms with Crippen molar-refractivity contribution in [2.45, 2.75) is 45.4 Å². The number of fused-ring (bicyclic) bond motifs is 1. The van der Waals surface area contributed by atoms with Crippen molar-refractivity contribution < 1.29 is 9.59 Å². The van der Waals surface area contributed by atoms with Gasteiger partial charge in [-0.15, -0.1) is 11.3 Å². The molecule has 1 unspecified atom stereocenters. The molecule has 2 saturated carbocycles. The summed E-state index contributed by atoms with van der Waals surface area (Å²) in [4.78, 5) is 29.9. The van der Waals surface area contributed by atoms with Crippen LogP contribution in [0.5, 0.6) is 0 Å². The van der Waals surface area contributed by atoms with Crippen molar-refractivity contribution >= 4 is 23.2 Å². The van der Waals surface area contributed by atoms with Crippen molar-refractivity contribution in [2.75, 3.05) is 19.6 Å². The molecule has 1 aromatic heterocycles. The topological polar surface area (TPSA) is 49.4 Å². The molecule has 1 aliphatic heterocycles. The van der Waals surface area contributed by atoms with Gasteiger partial charge in [-0.3, -0.25) is 9.59 Å². The summed E-state index contributed by atoms with van der Waals surface area (Å²) in [7, 11) is 0. The van der Waals surface area contributed by atoms with Crippen molar-refractivity contribution in [3.8, 4) is 10.4 Å². The van der Waals surface area contributed by atoms with E-state index in [9.17, 15) is 9.59 Å². The zero-order valence-electron chi connectivity index (χ0n) is 18.3. The third kappa shape index (κ3) is 3.82. The molecule has 0 bridgehead atoms. The molecule has 2 heterocycles. The number of hydrogen-bond donors (Lipinski definition) is 1. The van der Waals surface area contributed by atoms with Crippen LogP contribution in [0.15, 0.2) is 41.8 Å². The van der Waals surface area contributed by atoms with Crippen LogP contribution in [0, 0.1) is 23.2 Å². The third-order valence-electron chi connectivity index (χ3n) is 7.76. The Bertz CT molecular complexity index is 944. The molecule has 3 aliphatic rings. The van der Waals surface area contributed by atoms with Crippen molar-refractivity contribution in [3.63, 3.8) is 0 Å². The highest BCUT2D eigenvalue weighted by Crippen LogP contribution is 2.56. The lowest BCUT2D eigenvalue weighted by Crippen LogP contribution is -2.45. The van der Waals surface area contributed by atoms with Crippen LogP contribution in [0.1, 0.15) is 44.6 Å². The maximum atomic E-state index is 13.3. The number of thiophene rings is 1. The Morgan fingerprint density at radius 2 is 1.90 bits per heavy atom. The minimum absolute atomic E-state index is 0.0968. The number of nitrogens with one attached hydrogen (secondary N) is 1. The first-order chi connectivity index (χ1) is 15.1. The smallest absolute Gasteiger partial charge is 0.228 e. The summed E-state index contributed by atoms with van der Waals surface area (Å²) >= 11 is 1.73. The molecule has 0 spiro atoms. The molecule has 1 aromatic carbocycles. The molecule has 4 nitrogen and oxygen atoms in total. The van der Waals surface area contributed by atoms with Crippen molar-refractivity contribution in [1.82, 2.24) is 10.2 Å². The van der Waals surface area contributed by atoms with Gasteiger partial charge in [-0.2, -0.15) is 0 Å². The second kappa shape index (κ2) is 8.42. The first-order valence-electron chi connectivity index (χ1n) is 11.8. The summed E-state index contributed by atoms with van der Waals surface area (Å²) in [6.45, 7) is 3.84. The molecular formula is C26H32N2O2S. The molecule has 31 heavy (non-hydrogen) atoms.